The Hall–Kier alpha value is -1.22. The highest BCUT2D eigenvalue weighted by Crippen LogP contribution is 2.21. The maximum atomic E-state index is 6.05. The first-order valence-electron chi connectivity index (χ1n) is 8.31. The number of hydrogen-bond acceptors (Lipinski definition) is 4. The van der Waals surface area contributed by atoms with Gasteiger partial charge in [0.1, 0.15) is 10.3 Å². The number of rotatable bonds is 3. The van der Waals surface area contributed by atoms with E-state index in [-0.39, 0.29) is 0 Å². The van der Waals surface area contributed by atoms with E-state index in [4.69, 9.17) is 23.2 Å². The average molecular weight is 535 g/mol. The minimum Gasteiger partial charge on any atom is -0.232 e. The molecule has 0 saturated carbocycles. The van der Waals surface area contributed by atoms with Crippen molar-refractivity contribution in [1.29, 1.82) is 0 Å². The van der Waals surface area contributed by atoms with Crippen LogP contribution in [0.3, 0.4) is 0 Å². The third-order valence-electron chi connectivity index (χ3n) is 3.75. The fourth-order valence-electron chi connectivity index (χ4n) is 2.46. The van der Waals surface area contributed by atoms with E-state index in [0.29, 0.717) is 10.3 Å². The Bertz CT molecular complexity index is 1090. The van der Waals surface area contributed by atoms with Crippen molar-refractivity contribution in [3.05, 3.63) is 55.2 Å². The molecule has 0 aliphatic heterocycles. The predicted molar refractivity (Wildman–Crippen MR) is 115 cm³/mol. The van der Waals surface area contributed by atoms with Crippen LogP contribution < -0.4 is 0 Å². The second-order valence-corrected chi connectivity index (χ2v) is 8.18. The van der Waals surface area contributed by atoms with E-state index in [0.717, 1.165) is 50.9 Å². The maximum Gasteiger partial charge on any atom is 0.171 e. The van der Waals surface area contributed by atoms with E-state index in [1.54, 1.807) is 21.4 Å². The number of fused-ring (bicyclic) bond motifs is 2. The highest BCUT2D eigenvalue weighted by Gasteiger charge is 2.08. The van der Waals surface area contributed by atoms with Crippen molar-refractivity contribution in [1.82, 2.24) is 29.2 Å². The summed E-state index contributed by atoms with van der Waals surface area (Å²) in [7, 11) is 0. The molecular weight excluding hydrogens is 519 g/mol. The predicted octanol–water partition coefficient (Wildman–Crippen LogP) is 5.81. The topological polar surface area (TPSA) is 60.4 Å². The lowest BCUT2D eigenvalue weighted by molar-refractivity contribution is 0.858. The summed E-state index contributed by atoms with van der Waals surface area (Å²) in [6, 6.07) is 3.69. The lowest BCUT2D eigenvalue weighted by atomic mass is 10.2. The molecule has 0 atom stereocenters. The molecule has 142 valence electrons. The summed E-state index contributed by atoms with van der Waals surface area (Å²) in [5.41, 5.74) is 3.52. The molecule has 0 spiro atoms. The molecule has 0 amide bonds. The van der Waals surface area contributed by atoms with Crippen LogP contribution in [0.5, 0.6) is 0 Å². The molecule has 4 aromatic rings. The van der Waals surface area contributed by atoms with Crippen LogP contribution in [-0.2, 0) is 12.8 Å². The number of halogens is 4. The molecule has 0 aromatic carbocycles. The van der Waals surface area contributed by atoms with E-state index in [1.165, 1.54) is 0 Å². The Labute approximate surface area is 183 Å². The third-order valence-corrected chi connectivity index (χ3v) is 5.40. The maximum absolute atomic E-state index is 6.05. The zero-order chi connectivity index (χ0) is 19.6. The molecule has 4 aromatic heterocycles. The molecule has 6 nitrogen and oxygen atoms in total. The van der Waals surface area contributed by atoms with E-state index in [2.05, 4.69) is 58.9 Å². The van der Waals surface area contributed by atoms with Crippen molar-refractivity contribution in [3.8, 4) is 0 Å². The standard InChI is InChI=1S/C9H9BrClN3.C8H7BrClN3/c1-2-3-6-4-8(11)14-9(13-6)7(10)5-12-14;1-2-5-3-7(10)13-8(12-5)6(9)4-11-13/h4-5H,2-3H2,1H3;3-4H,2H2,1H3. The first-order chi connectivity index (χ1) is 12.9. The minimum absolute atomic E-state index is 0.590. The van der Waals surface area contributed by atoms with Crippen LogP contribution in [-0.4, -0.2) is 29.2 Å². The normalized spacial score (nSPS) is 11.0. The molecule has 4 rings (SSSR count). The molecule has 0 saturated heterocycles. The van der Waals surface area contributed by atoms with Crippen molar-refractivity contribution >= 4 is 66.4 Å². The molecular formula is C17H16Br2Cl2N6. The van der Waals surface area contributed by atoms with Crippen molar-refractivity contribution in [2.75, 3.05) is 0 Å². The van der Waals surface area contributed by atoms with Gasteiger partial charge in [0.05, 0.1) is 21.3 Å². The largest absolute Gasteiger partial charge is 0.232 e. The van der Waals surface area contributed by atoms with Gasteiger partial charge in [-0.15, -0.1) is 0 Å². The monoisotopic (exact) mass is 532 g/mol. The number of aryl methyl sites for hydroxylation is 2. The quantitative estimate of drug-likeness (QED) is 0.311. The van der Waals surface area contributed by atoms with Gasteiger partial charge >= 0.3 is 0 Å². The van der Waals surface area contributed by atoms with Crippen LogP contribution in [0.2, 0.25) is 10.3 Å². The Morgan fingerprint density at radius 3 is 1.81 bits per heavy atom. The smallest absolute Gasteiger partial charge is 0.171 e. The first-order valence-corrected chi connectivity index (χ1v) is 10.7. The lowest BCUT2D eigenvalue weighted by Crippen LogP contribution is -1.97. The number of aromatic nitrogens is 6. The van der Waals surface area contributed by atoms with Crippen LogP contribution in [0.4, 0.5) is 0 Å². The van der Waals surface area contributed by atoms with Gasteiger partial charge in [-0.05, 0) is 56.8 Å². The Morgan fingerprint density at radius 2 is 1.33 bits per heavy atom. The zero-order valence-electron chi connectivity index (χ0n) is 14.6. The van der Waals surface area contributed by atoms with Gasteiger partial charge in [-0.3, -0.25) is 0 Å². The van der Waals surface area contributed by atoms with E-state index >= 15 is 0 Å². The van der Waals surface area contributed by atoms with Crippen molar-refractivity contribution in [2.24, 2.45) is 0 Å². The molecule has 0 radical (unpaired) electrons. The minimum atomic E-state index is 0.590. The van der Waals surface area contributed by atoms with Crippen molar-refractivity contribution in [2.45, 2.75) is 33.1 Å². The Kier molecular flexibility index (Phi) is 6.73. The van der Waals surface area contributed by atoms with E-state index in [1.807, 2.05) is 19.1 Å². The summed E-state index contributed by atoms with van der Waals surface area (Å²) in [6.45, 7) is 4.16. The highest BCUT2D eigenvalue weighted by atomic mass is 79.9. The van der Waals surface area contributed by atoms with Gasteiger partial charge in [0.15, 0.2) is 11.3 Å². The number of hydrogen-bond donors (Lipinski definition) is 0. The van der Waals surface area contributed by atoms with Gasteiger partial charge in [-0.25, -0.2) is 19.0 Å². The van der Waals surface area contributed by atoms with Crippen LogP contribution in [0.25, 0.3) is 11.3 Å². The Balaban J connectivity index is 0.000000156. The van der Waals surface area contributed by atoms with Gasteiger partial charge in [-0.2, -0.15) is 10.2 Å². The molecule has 10 heteroatoms. The van der Waals surface area contributed by atoms with Gasteiger partial charge in [0.25, 0.3) is 0 Å². The van der Waals surface area contributed by atoms with E-state index < -0.39 is 0 Å². The molecule has 0 bridgehead atoms. The van der Waals surface area contributed by atoms with Crippen LogP contribution in [0, 0.1) is 0 Å². The van der Waals surface area contributed by atoms with Gasteiger partial charge in [-0.1, -0.05) is 43.5 Å². The summed E-state index contributed by atoms with van der Waals surface area (Å²) in [6.07, 6.45) is 6.25. The summed E-state index contributed by atoms with van der Waals surface area (Å²) >= 11 is 18.8. The third kappa shape index (κ3) is 4.45. The van der Waals surface area contributed by atoms with Crippen LogP contribution in [0.15, 0.2) is 33.5 Å². The summed E-state index contributed by atoms with van der Waals surface area (Å²) in [4.78, 5) is 8.84. The molecule has 0 unspecified atom stereocenters. The Morgan fingerprint density at radius 1 is 0.852 bits per heavy atom. The number of nitrogens with zero attached hydrogens (tertiary/aromatic N) is 6. The van der Waals surface area contributed by atoms with Crippen molar-refractivity contribution in [3.63, 3.8) is 0 Å². The lowest BCUT2D eigenvalue weighted by Gasteiger charge is -2.01. The molecule has 4 heterocycles. The summed E-state index contributed by atoms with van der Waals surface area (Å²) in [5.74, 6) is 0. The first kappa shape index (κ1) is 20.5. The average Bonchev–Trinajstić information content (AvgIpc) is 3.20. The van der Waals surface area contributed by atoms with Crippen LogP contribution in [0.1, 0.15) is 31.7 Å². The molecule has 0 fully saturated rings. The van der Waals surface area contributed by atoms with Crippen molar-refractivity contribution < 1.29 is 0 Å². The molecule has 0 aliphatic carbocycles. The van der Waals surface area contributed by atoms with Gasteiger partial charge < -0.3 is 0 Å². The second-order valence-electron chi connectivity index (χ2n) is 5.70. The zero-order valence-corrected chi connectivity index (χ0v) is 19.3. The molecule has 0 N–H and O–H groups in total. The van der Waals surface area contributed by atoms with Crippen LogP contribution >= 0.6 is 55.1 Å². The summed E-state index contributed by atoms with van der Waals surface area (Å²) in [5, 5.41) is 9.35. The fraction of sp³-hybridized carbons (Fsp3) is 0.294. The second kappa shape index (κ2) is 8.86. The van der Waals surface area contributed by atoms with Gasteiger partial charge in [0.2, 0.25) is 0 Å². The molecule has 27 heavy (non-hydrogen) atoms. The van der Waals surface area contributed by atoms with E-state index in [9.17, 15) is 0 Å². The summed E-state index contributed by atoms with van der Waals surface area (Å²) < 4.78 is 4.96. The highest BCUT2D eigenvalue weighted by molar-refractivity contribution is 9.11. The fourth-order valence-corrected chi connectivity index (χ4v) is 3.65. The SMILES string of the molecule is CCCc1cc(Cl)n2ncc(Br)c2n1.CCc1cc(Cl)n2ncc(Br)c2n1. The molecule has 0 aliphatic rings. The van der Waals surface area contributed by atoms with Gasteiger partial charge in [0, 0.05) is 11.4 Å².